The van der Waals surface area contributed by atoms with Gasteiger partial charge < -0.3 is 5.32 Å². The van der Waals surface area contributed by atoms with E-state index in [1.54, 1.807) is 0 Å². The van der Waals surface area contributed by atoms with Crippen LogP contribution >= 0.6 is 0 Å². The number of hydrogen-bond acceptors (Lipinski definition) is 3. The third-order valence-corrected chi connectivity index (χ3v) is 5.03. The molecule has 1 amide bonds. The van der Waals surface area contributed by atoms with Gasteiger partial charge in [-0.15, -0.1) is 0 Å². The maximum absolute atomic E-state index is 12.9. The molecular formula is C22H23F3N2O2. The molecule has 3 rings (SSSR count). The van der Waals surface area contributed by atoms with Crippen LogP contribution in [0.25, 0.3) is 0 Å². The number of amides is 1. The van der Waals surface area contributed by atoms with Gasteiger partial charge in [0.1, 0.15) is 0 Å². The number of rotatable bonds is 5. The van der Waals surface area contributed by atoms with E-state index in [2.05, 4.69) is 10.2 Å². The second-order valence-corrected chi connectivity index (χ2v) is 7.40. The Hall–Kier alpha value is -2.67. The van der Waals surface area contributed by atoms with Crippen LogP contribution in [0.4, 0.5) is 18.9 Å². The molecule has 1 atom stereocenters. The van der Waals surface area contributed by atoms with Crippen molar-refractivity contribution in [1.82, 2.24) is 4.90 Å². The fourth-order valence-electron chi connectivity index (χ4n) is 3.65. The molecule has 0 bridgehead atoms. The molecule has 29 heavy (non-hydrogen) atoms. The number of carbonyl (C=O) groups excluding carboxylic acids is 2. The second-order valence-electron chi connectivity index (χ2n) is 7.40. The average molecular weight is 404 g/mol. The van der Waals surface area contributed by atoms with Gasteiger partial charge in [-0.3, -0.25) is 14.5 Å². The van der Waals surface area contributed by atoms with Crippen LogP contribution in [0, 0.1) is 5.92 Å². The summed E-state index contributed by atoms with van der Waals surface area (Å²) in [5.41, 5.74) is 1.09. The van der Waals surface area contributed by atoms with Crippen LogP contribution in [0.15, 0.2) is 48.5 Å². The zero-order valence-electron chi connectivity index (χ0n) is 16.1. The van der Waals surface area contributed by atoms with Crippen molar-refractivity contribution in [2.45, 2.75) is 32.5 Å². The van der Waals surface area contributed by atoms with E-state index in [0.717, 1.165) is 36.3 Å². The van der Waals surface area contributed by atoms with Gasteiger partial charge in [-0.2, -0.15) is 13.2 Å². The molecule has 1 saturated heterocycles. The summed E-state index contributed by atoms with van der Waals surface area (Å²) in [6.07, 6.45) is -2.97. The van der Waals surface area contributed by atoms with Gasteiger partial charge in [0.2, 0.25) is 5.91 Å². The van der Waals surface area contributed by atoms with Crippen molar-refractivity contribution in [2.24, 2.45) is 5.92 Å². The Balaban J connectivity index is 1.64. The molecule has 4 nitrogen and oxygen atoms in total. The molecule has 7 heteroatoms. The Bertz CT molecular complexity index is 878. The SMILES string of the molecule is CC(=O)Nc1ccc(CN2CCC[C@@H](C(=O)c3cccc(C(F)(F)F)c3)C2)cc1. The number of halogens is 3. The number of nitrogens with one attached hydrogen (secondary N) is 1. The number of nitrogens with zero attached hydrogens (tertiary/aromatic N) is 1. The van der Waals surface area contributed by atoms with Crippen molar-refractivity contribution in [3.63, 3.8) is 0 Å². The molecule has 2 aromatic rings. The van der Waals surface area contributed by atoms with E-state index in [9.17, 15) is 22.8 Å². The average Bonchev–Trinajstić information content (AvgIpc) is 2.68. The maximum atomic E-state index is 12.9. The minimum absolute atomic E-state index is 0.117. The van der Waals surface area contributed by atoms with Crippen molar-refractivity contribution in [1.29, 1.82) is 0 Å². The van der Waals surface area contributed by atoms with Gasteiger partial charge in [-0.05, 0) is 49.2 Å². The van der Waals surface area contributed by atoms with Crippen molar-refractivity contribution in [3.05, 3.63) is 65.2 Å². The second kappa shape index (κ2) is 8.78. The Morgan fingerprint density at radius 2 is 1.86 bits per heavy atom. The third kappa shape index (κ3) is 5.67. The zero-order valence-corrected chi connectivity index (χ0v) is 16.1. The minimum Gasteiger partial charge on any atom is -0.326 e. The van der Waals surface area contributed by atoms with E-state index in [-0.39, 0.29) is 23.2 Å². The van der Waals surface area contributed by atoms with E-state index in [1.165, 1.54) is 19.1 Å². The number of anilines is 1. The van der Waals surface area contributed by atoms with Gasteiger partial charge in [0.15, 0.2) is 5.78 Å². The summed E-state index contributed by atoms with van der Waals surface area (Å²) in [5.74, 6) is -0.683. The summed E-state index contributed by atoms with van der Waals surface area (Å²) in [7, 11) is 0. The maximum Gasteiger partial charge on any atom is 0.416 e. The van der Waals surface area contributed by atoms with Crippen LogP contribution < -0.4 is 5.32 Å². The van der Waals surface area contributed by atoms with Crippen molar-refractivity contribution in [3.8, 4) is 0 Å². The van der Waals surface area contributed by atoms with Crippen molar-refractivity contribution < 1.29 is 22.8 Å². The lowest BCUT2D eigenvalue weighted by Gasteiger charge is -2.32. The lowest BCUT2D eigenvalue weighted by molar-refractivity contribution is -0.137. The molecule has 1 aliphatic heterocycles. The van der Waals surface area contributed by atoms with E-state index in [4.69, 9.17) is 0 Å². The molecule has 0 aromatic heterocycles. The number of alkyl halides is 3. The van der Waals surface area contributed by atoms with Crippen molar-refractivity contribution >= 4 is 17.4 Å². The number of likely N-dealkylation sites (tertiary alicyclic amines) is 1. The standard InChI is InChI=1S/C22H23F3N2O2/c1-15(28)26-20-9-7-16(8-10-20)13-27-11-3-5-18(14-27)21(29)17-4-2-6-19(12-17)22(23,24)25/h2,4,6-10,12,18H,3,5,11,13-14H2,1H3,(H,26,28)/t18-/m1/s1. The first-order valence-electron chi connectivity index (χ1n) is 9.53. The fourth-order valence-corrected chi connectivity index (χ4v) is 3.65. The molecule has 0 aliphatic carbocycles. The minimum atomic E-state index is -4.46. The van der Waals surface area contributed by atoms with E-state index < -0.39 is 11.7 Å². The zero-order chi connectivity index (χ0) is 21.0. The number of benzene rings is 2. The first-order valence-corrected chi connectivity index (χ1v) is 9.53. The molecule has 1 N–H and O–H groups in total. The number of piperidine rings is 1. The largest absolute Gasteiger partial charge is 0.416 e. The third-order valence-electron chi connectivity index (χ3n) is 5.03. The molecule has 2 aromatic carbocycles. The fraction of sp³-hybridized carbons (Fsp3) is 0.364. The van der Waals surface area contributed by atoms with Crippen LogP contribution in [-0.4, -0.2) is 29.7 Å². The highest BCUT2D eigenvalue weighted by Gasteiger charge is 2.32. The monoisotopic (exact) mass is 404 g/mol. The summed E-state index contributed by atoms with van der Waals surface area (Å²) in [5, 5.41) is 2.71. The van der Waals surface area contributed by atoms with Gasteiger partial charge in [0, 0.05) is 37.2 Å². The number of ketones is 1. The molecule has 0 saturated carbocycles. The quantitative estimate of drug-likeness (QED) is 0.731. The number of carbonyl (C=O) groups is 2. The van der Waals surface area contributed by atoms with E-state index >= 15 is 0 Å². The molecule has 1 fully saturated rings. The van der Waals surface area contributed by atoms with Gasteiger partial charge in [0.25, 0.3) is 0 Å². The Morgan fingerprint density at radius 3 is 2.52 bits per heavy atom. The molecule has 0 radical (unpaired) electrons. The van der Waals surface area contributed by atoms with Gasteiger partial charge >= 0.3 is 6.18 Å². The Kier molecular flexibility index (Phi) is 6.37. The van der Waals surface area contributed by atoms with Gasteiger partial charge in [-0.1, -0.05) is 24.3 Å². The number of hydrogen-bond donors (Lipinski definition) is 1. The van der Waals surface area contributed by atoms with Crippen molar-refractivity contribution in [2.75, 3.05) is 18.4 Å². The molecule has 1 aliphatic rings. The van der Waals surface area contributed by atoms with Crippen LogP contribution in [-0.2, 0) is 17.5 Å². The first-order chi connectivity index (χ1) is 13.7. The topological polar surface area (TPSA) is 49.4 Å². The van der Waals surface area contributed by atoms with E-state index in [0.29, 0.717) is 19.5 Å². The normalized spacial score (nSPS) is 17.7. The van der Waals surface area contributed by atoms with Gasteiger partial charge in [0.05, 0.1) is 5.56 Å². The highest BCUT2D eigenvalue weighted by Crippen LogP contribution is 2.31. The highest BCUT2D eigenvalue weighted by molar-refractivity contribution is 5.98. The molecule has 0 unspecified atom stereocenters. The highest BCUT2D eigenvalue weighted by atomic mass is 19.4. The summed E-state index contributed by atoms with van der Waals surface area (Å²) in [6.45, 7) is 3.44. The smallest absolute Gasteiger partial charge is 0.326 e. The summed E-state index contributed by atoms with van der Waals surface area (Å²) in [6, 6.07) is 12.2. The van der Waals surface area contributed by atoms with Crippen LogP contribution in [0.1, 0.15) is 41.3 Å². The summed E-state index contributed by atoms with van der Waals surface area (Å²) >= 11 is 0. The predicted octanol–water partition coefficient (Wildman–Crippen LogP) is 4.76. The summed E-state index contributed by atoms with van der Waals surface area (Å²) < 4.78 is 38.8. The van der Waals surface area contributed by atoms with Crippen LogP contribution in [0.2, 0.25) is 0 Å². The number of Topliss-reactive ketones (excluding diaryl/α,β-unsaturated/α-hetero) is 1. The summed E-state index contributed by atoms with van der Waals surface area (Å²) in [4.78, 5) is 26.0. The molecule has 0 spiro atoms. The van der Waals surface area contributed by atoms with Crippen LogP contribution in [0.3, 0.4) is 0 Å². The first kappa shape index (κ1) is 21.0. The van der Waals surface area contributed by atoms with Gasteiger partial charge in [-0.25, -0.2) is 0 Å². The molecule has 154 valence electrons. The predicted molar refractivity (Wildman–Crippen MR) is 105 cm³/mol. The lowest BCUT2D eigenvalue weighted by atomic mass is 9.89. The lowest BCUT2D eigenvalue weighted by Crippen LogP contribution is -2.38. The van der Waals surface area contributed by atoms with E-state index in [1.807, 2.05) is 24.3 Å². The Morgan fingerprint density at radius 1 is 1.14 bits per heavy atom. The molecule has 1 heterocycles. The Labute approximate surface area is 167 Å². The molecular weight excluding hydrogens is 381 g/mol. The van der Waals surface area contributed by atoms with Crippen LogP contribution in [0.5, 0.6) is 0 Å².